The van der Waals surface area contributed by atoms with Crippen LogP contribution in [0.4, 0.5) is 26.3 Å². The highest BCUT2D eigenvalue weighted by molar-refractivity contribution is 5.54. The largest absolute Gasteiger partial charge is 0.471 e. The lowest BCUT2D eigenvalue weighted by Crippen LogP contribution is -2.09. The van der Waals surface area contributed by atoms with Crippen LogP contribution in [-0.4, -0.2) is 24.9 Å². The molecular weight excluding hydrogens is 356 g/mol. The van der Waals surface area contributed by atoms with E-state index < -0.39 is 24.1 Å². The minimum absolute atomic E-state index is 0.00338. The third-order valence-corrected chi connectivity index (χ3v) is 3.02. The van der Waals surface area contributed by atoms with Gasteiger partial charge in [-0.15, -0.1) is 5.10 Å². The van der Waals surface area contributed by atoms with Crippen LogP contribution in [0.1, 0.15) is 17.3 Å². The minimum Gasteiger partial charge on any atom is -0.329 e. The molecule has 1 aromatic carbocycles. The van der Waals surface area contributed by atoms with E-state index in [0.717, 1.165) is 11.0 Å². The van der Waals surface area contributed by atoms with E-state index in [4.69, 9.17) is 0 Å². The van der Waals surface area contributed by atoms with Crippen molar-refractivity contribution in [2.75, 3.05) is 0 Å². The van der Waals surface area contributed by atoms with Gasteiger partial charge in [0.2, 0.25) is 5.82 Å². The summed E-state index contributed by atoms with van der Waals surface area (Å²) in [7, 11) is 0. The highest BCUT2D eigenvalue weighted by Gasteiger charge is 2.38. The van der Waals surface area contributed by atoms with Crippen LogP contribution < -0.4 is 0 Å². The van der Waals surface area contributed by atoms with Crippen LogP contribution in [0.3, 0.4) is 0 Å². The van der Waals surface area contributed by atoms with Gasteiger partial charge in [-0.05, 0) is 5.56 Å². The molecule has 0 saturated carbocycles. The summed E-state index contributed by atoms with van der Waals surface area (Å²) in [5.41, 5.74) is 0.819. The average Bonchev–Trinajstić information content (AvgIpc) is 3.15. The van der Waals surface area contributed by atoms with Crippen molar-refractivity contribution in [2.45, 2.75) is 18.9 Å². The molecule has 2 aromatic heterocycles. The van der Waals surface area contributed by atoms with Gasteiger partial charge in [-0.1, -0.05) is 29.4 Å². The first kappa shape index (κ1) is 16.9. The van der Waals surface area contributed by atoms with E-state index in [-0.39, 0.29) is 17.9 Å². The molecule has 0 atom stereocenters. The standard InChI is InChI=1S/C13H7F6N5O/c14-12(15,16)10-20-6-24(22-10)5-7-1-3-8(4-2-7)9-21-11(25-23-9)13(17,18)19/h1-4,6H,5H2. The molecule has 12 heteroatoms. The number of nitrogens with zero attached hydrogens (tertiary/aromatic N) is 5. The summed E-state index contributed by atoms with van der Waals surface area (Å²) >= 11 is 0. The highest BCUT2D eigenvalue weighted by Crippen LogP contribution is 2.29. The number of halogens is 6. The predicted octanol–water partition coefficient (Wildman–Crippen LogP) is 3.41. The molecule has 0 aliphatic rings. The van der Waals surface area contributed by atoms with Crippen molar-refractivity contribution in [3.63, 3.8) is 0 Å². The summed E-state index contributed by atoms with van der Waals surface area (Å²) in [4.78, 5) is 6.40. The Morgan fingerprint density at radius 1 is 0.960 bits per heavy atom. The maximum absolute atomic E-state index is 12.4. The lowest BCUT2D eigenvalue weighted by molar-refractivity contribution is -0.159. The second-order valence-electron chi connectivity index (χ2n) is 4.88. The molecule has 0 aliphatic carbocycles. The van der Waals surface area contributed by atoms with Crippen molar-refractivity contribution >= 4 is 0 Å². The molecule has 0 unspecified atom stereocenters. The zero-order valence-corrected chi connectivity index (χ0v) is 12.0. The van der Waals surface area contributed by atoms with Gasteiger partial charge >= 0.3 is 18.2 Å². The van der Waals surface area contributed by atoms with E-state index >= 15 is 0 Å². The Hall–Kier alpha value is -2.92. The van der Waals surface area contributed by atoms with Gasteiger partial charge < -0.3 is 4.52 Å². The monoisotopic (exact) mass is 363 g/mol. The minimum atomic E-state index is -4.74. The van der Waals surface area contributed by atoms with Gasteiger partial charge in [0.25, 0.3) is 5.82 Å². The first-order valence-electron chi connectivity index (χ1n) is 6.60. The van der Waals surface area contributed by atoms with E-state index in [0.29, 0.717) is 5.56 Å². The molecule has 0 fully saturated rings. The van der Waals surface area contributed by atoms with Gasteiger partial charge in [0.1, 0.15) is 6.33 Å². The average molecular weight is 363 g/mol. The molecule has 0 N–H and O–H groups in total. The number of alkyl halides is 6. The Bertz CT molecular complexity index is 864. The zero-order valence-electron chi connectivity index (χ0n) is 12.0. The maximum atomic E-state index is 12.4. The van der Waals surface area contributed by atoms with Gasteiger partial charge in [0.05, 0.1) is 6.54 Å². The Morgan fingerprint density at radius 3 is 2.16 bits per heavy atom. The van der Waals surface area contributed by atoms with Crippen molar-refractivity contribution < 1.29 is 30.9 Å². The zero-order chi connectivity index (χ0) is 18.2. The smallest absolute Gasteiger partial charge is 0.329 e. The molecule has 0 radical (unpaired) electrons. The number of benzene rings is 1. The SMILES string of the molecule is FC(F)(F)c1ncn(Cc2ccc(-c3noc(C(F)(F)F)n3)cc2)n1. The first-order chi connectivity index (χ1) is 11.6. The topological polar surface area (TPSA) is 69.6 Å². The van der Waals surface area contributed by atoms with E-state index in [9.17, 15) is 26.3 Å². The second-order valence-corrected chi connectivity index (χ2v) is 4.88. The number of aromatic nitrogens is 5. The molecule has 2 heterocycles. The summed E-state index contributed by atoms with van der Waals surface area (Å²) in [6.45, 7) is 0.00338. The van der Waals surface area contributed by atoms with Crippen molar-refractivity contribution in [2.24, 2.45) is 0 Å². The number of hydrogen-bond acceptors (Lipinski definition) is 5. The fourth-order valence-electron chi connectivity index (χ4n) is 1.90. The fraction of sp³-hybridized carbons (Fsp3) is 0.231. The van der Waals surface area contributed by atoms with Crippen molar-refractivity contribution in [1.29, 1.82) is 0 Å². The van der Waals surface area contributed by atoms with E-state index in [1.54, 1.807) is 0 Å². The summed E-state index contributed by atoms with van der Waals surface area (Å²) in [5, 5.41) is 6.54. The lowest BCUT2D eigenvalue weighted by Gasteiger charge is -2.03. The van der Waals surface area contributed by atoms with Crippen molar-refractivity contribution in [1.82, 2.24) is 24.9 Å². The van der Waals surface area contributed by atoms with Gasteiger partial charge in [-0.3, -0.25) is 0 Å². The van der Waals surface area contributed by atoms with Crippen molar-refractivity contribution in [3.05, 3.63) is 47.9 Å². The Kier molecular flexibility index (Phi) is 3.97. The van der Waals surface area contributed by atoms with Gasteiger partial charge in [-0.25, -0.2) is 9.67 Å². The van der Waals surface area contributed by atoms with Crippen LogP contribution in [0.25, 0.3) is 11.4 Å². The van der Waals surface area contributed by atoms with E-state index in [1.807, 2.05) is 0 Å². The molecular formula is C13H7F6N5O. The maximum Gasteiger partial charge on any atom is 0.471 e. The Morgan fingerprint density at radius 2 is 1.64 bits per heavy atom. The summed E-state index contributed by atoms with van der Waals surface area (Å²) in [6, 6.07) is 5.83. The quantitative estimate of drug-likeness (QED) is 0.667. The van der Waals surface area contributed by atoms with Crippen LogP contribution in [0.5, 0.6) is 0 Å². The van der Waals surface area contributed by atoms with E-state index in [1.165, 1.54) is 24.3 Å². The van der Waals surface area contributed by atoms with Crippen LogP contribution in [-0.2, 0) is 18.9 Å². The third-order valence-electron chi connectivity index (χ3n) is 3.02. The molecule has 0 spiro atoms. The molecule has 0 bridgehead atoms. The number of hydrogen-bond donors (Lipinski definition) is 0. The third kappa shape index (κ3) is 3.78. The molecule has 0 amide bonds. The Balaban J connectivity index is 1.74. The van der Waals surface area contributed by atoms with Crippen LogP contribution in [0.15, 0.2) is 35.1 Å². The van der Waals surface area contributed by atoms with Crippen LogP contribution >= 0.6 is 0 Å². The first-order valence-corrected chi connectivity index (χ1v) is 6.60. The van der Waals surface area contributed by atoms with Crippen LogP contribution in [0.2, 0.25) is 0 Å². The fourth-order valence-corrected chi connectivity index (χ4v) is 1.90. The van der Waals surface area contributed by atoms with Crippen LogP contribution in [0, 0.1) is 0 Å². The highest BCUT2D eigenvalue weighted by atomic mass is 19.4. The van der Waals surface area contributed by atoms with Gasteiger partial charge in [-0.2, -0.15) is 31.3 Å². The number of rotatable bonds is 3. The predicted molar refractivity (Wildman–Crippen MR) is 68.9 cm³/mol. The molecule has 0 aliphatic heterocycles. The summed E-state index contributed by atoms with van der Waals surface area (Å²) in [5.74, 6) is -2.97. The van der Waals surface area contributed by atoms with Crippen molar-refractivity contribution in [3.8, 4) is 11.4 Å². The van der Waals surface area contributed by atoms with Gasteiger partial charge in [0.15, 0.2) is 0 Å². The lowest BCUT2D eigenvalue weighted by atomic mass is 10.1. The van der Waals surface area contributed by atoms with Gasteiger partial charge in [0, 0.05) is 5.56 Å². The molecule has 0 saturated heterocycles. The molecule has 132 valence electrons. The summed E-state index contributed by atoms with van der Waals surface area (Å²) in [6.07, 6.45) is -8.44. The van der Waals surface area contributed by atoms with E-state index in [2.05, 4.69) is 24.7 Å². The molecule has 3 aromatic rings. The second kappa shape index (κ2) is 5.86. The Labute approximate surface area is 135 Å². The normalized spacial score (nSPS) is 12.6. The molecule has 3 rings (SSSR count). The molecule has 6 nitrogen and oxygen atoms in total. The molecule has 25 heavy (non-hydrogen) atoms. The summed E-state index contributed by atoms with van der Waals surface area (Å²) < 4.78 is 79.7.